The van der Waals surface area contributed by atoms with Gasteiger partial charge >= 0.3 is 0 Å². The average molecular weight is 411 g/mol. The van der Waals surface area contributed by atoms with E-state index in [1.54, 1.807) is 20.4 Å². The number of hydrogen-bond acceptors (Lipinski definition) is 6. The Labute approximate surface area is 180 Å². The second-order valence-electron chi connectivity index (χ2n) is 6.25. The molecule has 0 unspecified atom stereocenters. The van der Waals surface area contributed by atoms with Crippen molar-refractivity contribution in [1.29, 1.82) is 0 Å². The number of allylic oxidation sites excluding steroid dienone is 1. The second-order valence-corrected chi connectivity index (χ2v) is 6.25. The van der Waals surface area contributed by atoms with E-state index < -0.39 is 0 Å². The summed E-state index contributed by atoms with van der Waals surface area (Å²) in [7, 11) is 3.21. The van der Waals surface area contributed by atoms with E-state index in [4.69, 9.17) is 21.1 Å². The molecule has 4 N–H and O–H groups in total. The summed E-state index contributed by atoms with van der Waals surface area (Å²) in [6.07, 6.45) is 6.92. The molecule has 30 heavy (non-hydrogen) atoms. The summed E-state index contributed by atoms with van der Waals surface area (Å²) in [6, 6.07) is 9.75. The lowest BCUT2D eigenvalue weighted by molar-refractivity contribution is 0.353. The number of nitrogens with two attached hydrogens (primary N) is 2. The number of hydrogen-bond donors (Lipinski definition) is 2. The third-order valence-electron chi connectivity index (χ3n) is 4.37. The molecule has 0 aliphatic carbocycles. The van der Waals surface area contributed by atoms with E-state index in [2.05, 4.69) is 4.99 Å². The van der Waals surface area contributed by atoms with E-state index in [0.717, 1.165) is 27.9 Å². The Morgan fingerprint density at radius 1 is 1.03 bits per heavy atom. The van der Waals surface area contributed by atoms with Crippen molar-refractivity contribution in [3.05, 3.63) is 71.1 Å². The first-order valence-electron chi connectivity index (χ1n) is 9.91. The van der Waals surface area contributed by atoms with Crippen LogP contribution in [0.25, 0.3) is 5.70 Å². The fourth-order valence-corrected chi connectivity index (χ4v) is 2.88. The van der Waals surface area contributed by atoms with Crippen LogP contribution < -0.4 is 26.1 Å². The lowest BCUT2D eigenvalue weighted by Crippen LogP contribution is -2.30. The maximum atomic E-state index is 6.42. The van der Waals surface area contributed by atoms with Gasteiger partial charge < -0.3 is 15.2 Å². The molecule has 0 spiro atoms. The van der Waals surface area contributed by atoms with Gasteiger partial charge in [-0.15, -0.1) is 0 Å². The molecule has 0 atom stereocenters. The highest BCUT2D eigenvalue weighted by atomic mass is 16.5. The van der Waals surface area contributed by atoms with E-state index in [0.29, 0.717) is 17.2 Å². The standard InChI is InChI=1S/C22H28N4O2.C2H6/c1-6-9-25-14-18-11-17(8-7-15(18)2)20(13-23)26(24)19-10-16(3)22(28-5)21(12-19)27-4;1-2/h6-14H,23-24H2,1-5H3;1-2H3/b9-6-,20-13-,25-14?;. The van der Waals surface area contributed by atoms with Gasteiger partial charge in [0.2, 0.25) is 0 Å². The topological polar surface area (TPSA) is 86.1 Å². The predicted molar refractivity (Wildman–Crippen MR) is 128 cm³/mol. The zero-order chi connectivity index (χ0) is 22.7. The zero-order valence-electron chi connectivity index (χ0n) is 19.1. The molecular weight excluding hydrogens is 376 g/mol. The first kappa shape index (κ1) is 24.8. The number of aryl methyl sites for hydroxylation is 2. The molecule has 6 nitrogen and oxygen atoms in total. The minimum absolute atomic E-state index is 0.604. The summed E-state index contributed by atoms with van der Waals surface area (Å²) < 4.78 is 10.8. The van der Waals surface area contributed by atoms with Crippen LogP contribution in [-0.2, 0) is 0 Å². The monoisotopic (exact) mass is 410 g/mol. The Balaban J connectivity index is 0.00000218. The molecule has 6 heteroatoms. The van der Waals surface area contributed by atoms with Crippen LogP contribution in [0.3, 0.4) is 0 Å². The molecule has 0 saturated heterocycles. The lowest BCUT2D eigenvalue weighted by atomic mass is 10.0. The molecule has 0 aromatic heterocycles. The molecular formula is C24H34N4O2. The van der Waals surface area contributed by atoms with Crippen LogP contribution in [0.5, 0.6) is 11.5 Å². The van der Waals surface area contributed by atoms with Gasteiger partial charge in [0.15, 0.2) is 11.5 Å². The van der Waals surface area contributed by atoms with Crippen LogP contribution in [0.1, 0.15) is 43.0 Å². The van der Waals surface area contributed by atoms with Crippen molar-refractivity contribution in [1.82, 2.24) is 0 Å². The third kappa shape index (κ3) is 5.87. The molecule has 0 aliphatic rings. The van der Waals surface area contributed by atoms with Gasteiger partial charge in [-0.3, -0.25) is 10.0 Å². The Hall–Kier alpha value is -3.25. The number of hydrazine groups is 1. The highest BCUT2D eigenvalue weighted by Gasteiger charge is 2.16. The summed E-state index contributed by atoms with van der Waals surface area (Å²) in [6.45, 7) is 9.89. The number of aliphatic imine (C=N–C) groups is 1. The second kappa shape index (κ2) is 12.3. The molecule has 0 heterocycles. The quantitative estimate of drug-likeness (QED) is 0.384. The SMILES string of the molecule is C/C=C\N=Cc1cc(/C(=C/N)N(N)c2cc(C)c(OC)c(OC)c2)ccc1C.CC. The molecule has 0 amide bonds. The van der Waals surface area contributed by atoms with E-state index in [1.807, 2.05) is 77.2 Å². The summed E-state index contributed by atoms with van der Waals surface area (Å²) in [5.74, 6) is 7.70. The first-order valence-corrected chi connectivity index (χ1v) is 9.91. The van der Waals surface area contributed by atoms with Gasteiger partial charge in [-0.05, 0) is 49.6 Å². The molecule has 0 aliphatic heterocycles. The number of anilines is 1. The molecule has 2 aromatic rings. The Bertz CT molecular complexity index is 918. The average Bonchev–Trinajstić information content (AvgIpc) is 2.76. The highest BCUT2D eigenvalue weighted by Crippen LogP contribution is 2.36. The van der Waals surface area contributed by atoms with Crippen molar-refractivity contribution < 1.29 is 9.47 Å². The molecule has 0 saturated carbocycles. The number of nitrogens with zero attached hydrogens (tertiary/aromatic N) is 2. The number of methoxy groups -OCH3 is 2. The molecule has 2 aromatic carbocycles. The highest BCUT2D eigenvalue weighted by molar-refractivity contribution is 5.86. The summed E-state index contributed by atoms with van der Waals surface area (Å²) >= 11 is 0. The van der Waals surface area contributed by atoms with Crippen molar-refractivity contribution in [2.75, 3.05) is 19.2 Å². The van der Waals surface area contributed by atoms with Crippen LogP contribution in [0.15, 0.2) is 53.8 Å². The van der Waals surface area contributed by atoms with Crippen LogP contribution in [0.2, 0.25) is 0 Å². The fourth-order valence-electron chi connectivity index (χ4n) is 2.88. The van der Waals surface area contributed by atoms with Crippen molar-refractivity contribution in [3.63, 3.8) is 0 Å². The minimum atomic E-state index is 0.604. The van der Waals surface area contributed by atoms with Gasteiger partial charge in [-0.1, -0.05) is 32.1 Å². The number of benzene rings is 2. The van der Waals surface area contributed by atoms with Crippen LogP contribution in [0.4, 0.5) is 5.69 Å². The molecule has 0 radical (unpaired) electrons. The van der Waals surface area contributed by atoms with Gasteiger partial charge in [0, 0.05) is 30.2 Å². The predicted octanol–water partition coefficient (Wildman–Crippen LogP) is 4.94. The maximum Gasteiger partial charge on any atom is 0.163 e. The molecule has 2 rings (SSSR count). The van der Waals surface area contributed by atoms with Crippen molar-refractivity contribution in [3.8, 4) is 11.5 Å². The summed E-state index contributed by atoms with van der Waals surface area (Å²) in [5, 5.41) is 1.53. The number of ether oxygens (including phenoxy) is 2. The normalized spacial score (nSPS) is 11.4. The van der Waals surface area contributed by atoms with Crippen molar-refractivity contribution in [2.24, 2.45) is 16.6 Å². The minimum Gasteiger partial charge on any atom is -0.493 e. The molecule has 0 fully saturated rings. The van der Waals surface area contributed by atoms with Crippen molar-refractivity contribution >= 4 is 17.6 Å². The Morgan fingerprint density at radius 2 is 1.73 bits per heavy atom. The summed E-state index contributed by atoms with van der Waals surface area (Å²) in [5.41, 5.74) is 11.2. The summed E-state index contributed by atoms with van der Waals surface area (Å²) in [4.78, 5) is 4.27. The van der Waals surface area contributed by atoms with E-state index in [9.17, 15) is 0 Å². The number of rotatable bonds is 7. The van der Waals surface area contributed by atoms with Gasteiger partial charge in [-0.2, -0.15) is 0 Å². The van der Waals surface area contributed by atoms with Gasteiger partial charge in [0.25, 0.3) is 0 Å². The largest absolute Gasteiger partial charge is 0.493 e. The van der Waals surface area contributed by atoms with E-state index in [-0.39, 0.29) is 0 Å². The smallest absolute Gasteiger partial charge is 0.163 e. The van der Waals surface area contributed by atoms with Crippen LogP contribution in [0, 0.1) is 13.8 Å². The maximum absolute atomic E-state index is 6.42. The van der Waals surface area contributed by atoms with Crippen LogP contribution >= 0.6 is 0 Å². The zero-order valence-corrected chi connectivity index (χ0v) is 19.1. The molecule has 162 valence electrons. The van der Waals surface area contributed by atoms with Gasteiger partial charge in [0.05, 0.1) is 25.6 Å². The lowest BCUT2D eigenvalue weighted by Gasteiger charge is -2.24. The van der Waals surface area contributed by atoms with E-state index >= 15 is 0 Å². The molecule has 0 bridgehead atoms. The third-order valence-corrected chi connectivity index (χ3v) is 4.37. The Morgan fingerprint density at radius 3 is 2.30 bits per heavy atom. The first-order chi connectivity index (χ1) is 14.5. The Kier molecular flexibility index (Phi) is 10.2. The van der Waals surface area contributed by atoms with Crippen molar-refractivity contribution in [2.45, 2.75) is 34.6 Å². The van der Waals surface area contributed by atoms with Gasteiger partial charge in [-0.25, -0.2) is 5.84 Å². The van der Waals surface area contributed by atoms with E-state index in [1.165, 1.54) is 11.2 Å². The fraction of sp³-hybridized carbons (Fsp3) is 0.292. The van der Waals surface area contributed by atoms with Crippen LogP contribution in [-0.4, -0.2) is 20.4 Å². The van der Waals surface area contributed by atoms with Gasteiger partial charge in [0.1, 0.15) is 0 Å².